The lowest BCUT2D eigenvalue weighted by Gasteiger charge is -2.09. The van der Waals surface area contributed by atoms with Gasteiger partial charge in [-0.25, -0.2) is 0 Å². The lowest BCUT2D eigenvalue weighted by molar-refractivity contribution is 0.658. The van der Waals surface area contributed by atoms with Crippen LogP contribution in [-0.2, 0) is 0 Å². The Labute approximate surface area is 98.4 Å². The van der Waals surface area contributed by atoms with Crippen molar-refractivity contribution in [2.24, 2.45) is 5.73 Å². The van der Waals surface area contributed by atoms with Crippen molar-refractivity contribution in [3.63, 3.8) is 0 Å². The van der Waals surface area contributed by atoms with Gasteiger partial charge in [-0.2, -0.15) is 0 Å². The highest BCUT2D eigenvalue weighted by Crippen LogP contribution is 2.26. The summed E-state index contributed by atoms with van der Waals surface area (Å²) in [5, 5.41) is 0. The van der Waals surface area contributed by atoms with E-state index in [2.05, 4.69) is 38.1 Å². The fourth-order valence-corrected chi connectivity index (χ4v) is 2.30. The van der Waals surface area contributed by atoms with Crippen LogP contribution in [0.1, 0.15) is 42.4 Å². The highest BCUT2D eigenvalue weighted by atomic mass is 14.6. The highest BCUT2D eigenvalue weighted by Gasteiger charge is 2.10. The number of nitrogens with two attached hydrogens (primary N) is 1. The predicted molar refractivity (Wildman–Crippen MR) is 70.3 cm³/mol. The van der Waals surface area contributed by atoms with Crippen molar-refractivity contribution in [3.8, 4) is 0 Å². The Balaban J connectivity index is 2.31. The third-order valence-electron chi connectivity index (χ3n) is 3.53. The normalized spacial score (nSPS) is 21.4. The molecule has 0 spiro atoms. The Bertz CT molecular complexity index is 404. The van der Waals surface area contributed by atoms with E-state index in [1.807, 2.05) is 0 Å². The number of hydrogen-bond donors (Lipinski definition) is 1. The lowest BCUT2D eigenvalue weighted by Crippen LogP contribution is -2.15. The van der Waals surface area contributed by atoms with Gasteiger partial charge in [-0.05, 0) is 55.4 Å². The van der Waals surface area contributed by atoms with Crippen LogP contribution in [0.4, 0.5) is 0 Å². The molecule has 0 aromatic heterocycles. The quantitative estimate of drug-likeness (QED) is 0.761. The standard InChI is InChI=1S/C15H21N/c1-11-7-8-14(9-12(11)2)13-5-3-4-6-15(16)10-13/h7-10,15H,3-6,16H2,1-2H3. The molecule has 1 nitrogen and oxygen atoms in total. The summed E-state index contributed by atoms with van der Waals surface area (Å²) in [6.45, 7) is 4.34. The van der Waals surface area contributed by atoms with Crippen molar-refractivity contribution < 1.29 is 0 Å². The van der Waals surface area contributed by atoms with Gasteiger partial charge in [0.1, 0.15) is 0 Å². The summed E-state index contributed by atoms with van der Waals surface area (Å²) in [7, 11) is 0. The zero-order chi connectivity index (χ0) is 11.5. The highest BCUT2D eigenvalue weighted by molar-refractivity contribution is 5.67. The Hall–Kier alpha value is -1.08. The molecule has 0 aliphatic heterocycles. The average molecular weight is 215 g/mol. The summed E-state index contributed by atoms with van der Waals surface area (Å²) in [6, 6.07) is 6.98. The van der Waals surface area contributed by atoms with Gasteiger partial charge in [0.05, 0.1) is 0 Å². The Morgan fingerprint density at radius 1 is 1.12 bits per heavy atom. The molecular formula is C15H21N. The van der Waals surface area contributed by atoms with Gasteiger partial charge in [0, 0.05) is 6.04 Å². The molecule has 1 aromatic carbocycles. The molecule has 16 heavy (non-hydrogen) atoms. The molecular weight excluding hydrogens is 194 g/mol. The molecule has 1 aromatic rings. The predicted octanol–water partition coefficient (Wildman–Crippen LogP) is 3.59. The fraction of sp³-hybridized carbons (Fsp3) is 0.467. The molecule has 0 amide bonds. The van der Waals surface area contributed by atoms with Crippen molar-refractivity contribution in [2.75, 3.05) is 0 Å². The second kappa shape index (κ2) is 4.84. The molecule has 2 N–H and O–H groups in total. The van der Waals surface area contributed by atoms with E-state index in [1.54, 1.807) is 0 Å². The van der Waals surface area contributed by atoms with Gasteiger partial charge in [-0.15, -0.1) is 0 Å². The van der Waals surface area contributed by atoms with Gasteiger partial charge in [-0.3, -0.25) is 0 Å². The maximum Gasteiger partial charge on any atom is 0.0229 e. The minimum absolute atomic E-state index is 0.249. The Morgan fingerprint density at radius 2 is 1.94 bits per heavy atom. The summed E-state index contributed by atoms with van der Waals surface area (Å²) in [5.74, 6) is 0. The van der Waals surface area contributed by atoms with Gasteiger partial charge in [-0.1, -0.05) is 30.7 Å². The van der Waals surface area contributed by atoms with Crippen molar-refractivity contribution in [1.29, 1.82) is 0 Å². The van der Waals surface area contributed by atoms with E-state index in [-0.39, 0.29) is 6.04 Å². The van der Waals surface area contributed by atoms with Gasteiger partial charge < -0.3 is 5.73 Å². The van der Waals surface area contributed by atoms with Crippen LogP contribution in [0.25, 0.3) is 5.57 Å². The molecule has 86 valence electrons. The number of hydrogen-bond acceptors (Lipinski definition) is 1. The third-order valence-corrected chi connectivity index (χ3v) is 3.53. The minimum atomic E-state index is 0.249. The first kappa shape index (κ1) is 11.4. The summed E-state index contributed by atoms with van der Waals surface area (Å²) >= 11 is 0. The molecule has 1 aliphatic rings. The van der Waals surface area contributed by atoms with E-state index in [0.717, 1.165) is 6.42 Å². The van der Waals surface area contributed by atoms with Gasteiger partial charge >= 0.3 is 0 Å². The molecule has 0 radical (unpaired) electrons. The molecule has 1 unspecified atom stereocenters. The molecule has 0 saturated heterocycles. The summed E-state index contributed by atoms with van der Waals surface area (Å²) in [6.07, 6.45) is 7.10. The first-order valence-corrected chi connectivity index (χ1v) is 6.21. The molecule has 0 fully saturated rings. The molecule has 1 aliphatic carbocycles. The van der Waals surface area contributed by atoms with E-state index in [0.29, 0.717) is 0 Å². The zero-order valence-corrected chi connectivity index (χ0v) is 10.3. The van der Waals surface area contributed by atoms with E-state index >= 15 is 0 Å². The molecule has 2 rings (SSSR count). The first-order valence-electron chi connectivity index (χ1n) is 6.21. The van der Waals surface area contributed by atoms with Crippen LogP contribution in [0.3, 0.4) is 0 Å². The van der Waals surface area contributed by atoms with E-state index < -0.39 is 0 Å². The molecule has 0 saturated carbocycles. The second-order valence-electron chi connectivity index (χ2n) is 4.90. The van der Waals surface area contributed by atoms with Crippen LogP contribution < -0.4 is 5.73 Å². The molecule has 1 atom stereocenters. The number of aryl methyl sites for hydroxylation is 2. The van der Waals surface area contributed by atoms with Crippen LogP contribution in [0.2, 0.25) is 0 Å². The summed E-state index contributed by atoms with van der Waals surface area (Å²) in [5.41, 5.74) is 11.6. The maximum absolute atomic E-state index is 6.05. The zero-order valence-electron chi connectivity index (χ0n) is 10.3. The lowest BCUT2D eigenvalue weighted by atomic mass is 9.97. The number of rotatable bonds is 1. The van der Waals surface area contributed by atoms with E-state index in [9.17, 15) is 0 Å². The van der Waals surface area contributed by atoms with Crippen molar-refractivity contribution in [3.05, 3.63) is 41.0 Å². The van der Waals surface area contributed by atoms with Gasteiger partial charge in [0.15, 0.2) is 0 Å². The van der Waals surface area contributed by atoms with E-state index in [4.69, 9.17) is 5.73 Å². The number of benzene rings is 1. The minimum Gasteiger partial charge on any atom is -0.324 e. The van der Waals surface area contributed by atoms with Crippen LogP contribution in [0.5, 0.6) is 0 Å². The smallest absolute Gasteiger partial charge is 0.0229 e. The van der Waals surface area contributed by atoms with E-state index in [1.165, 1.54) is 41.5 Å². The Kier molecular flexibility index (Phi) is 3.45. The SMILES string of the molecule is Cc1ccc(C2=CC(N)CCCC2)cc1C. The average Bonchev–Trinajstić information content (AvgIpc) is 2.47. The first-order chi connectivity index (χ1) is 7.66. The van der Waals surface area contributed by atoms with Crippen LogP contribution >= 0.6 is 0 Å². The maximum atomic E-state index is 6.05. The largest absolute Gasteiger partial charge is 0.324 e. The summed E-state index contributed by atoms with van der Waals surface area (Å²) < 4.78 is 0. The molecule has 0 bridgehead atoms. The van der Waals surface area contributed by atoms with Crippen molar-refractivity contribution >= 4 is 5.57 Å². The molecule has 0 heterocycles. The second-order valence-corrected chi connectivity index (χ2v) is 4.90. The van der Waals surface area contributed by atoms with Crippen LogP contribution in [0.15, 0.2) is 24.3 Å². The van der Waals surface area contributed by atoms with Gasteiger partial charge in [0.2, 0.25) is 0 Å². The van der Waals surface area contributed by atoms with Crippen LogP contribution in [-0.4, -0.2) is 6.04 Å². The Morgan fingerprint density at radius 3 is 2.69 bits per heavy atom. The number of allylic oxidation sites excluding steroid dienone is 1. The van der Waals surface area contributed by atoms with Crippen molar-refractivity contribution in [2.45, 2.75) is 45.6 Å². The fourth-order valence-electron chi connectivity index (χ4n) is 2.30. The van der Waals surface area contributed by atoms with Crippen LogP contribution in [0, 0.1) is 13.8 Å². The van der Waals surface area contributed by atoms with Crippen molar-refractivity contribution in [1.82, 2.24) is 0 Å². The monoisotopic (exact) mass is 215 g/mol. The summed E-state index contributed by atoms with van der Waals surface area (Å²) in [4.78, 5) is 0. The topological polar surface area (TPSA) is 26.0 Å². The molecule has 1 heteroatoms. The van der Waals surface area contributed by atoms with Gasteiger partial charge in [0.25, 0.3) is 0 Å². The third kappa shape index (κ3) is 2.53.